The van der Waals surface area contributed by atoms with Gasteiger partial charge in [-0.25, -0.2) is 12.8 Å². The Morgan fingerprint density at radius 2 is 2.12 bits per heavy atom. The van der Waals surface area contributed by atoms with Gasteiger partial charge in [0, 0.05) is 30.8 Å². The summed E-state index contributed by atoms with van der Waals surface area (Å²) >= 11 is 0. The molecule has 1 saturated heterocycles. The molecular formula is C14H17FN4O4S. The lowest BCUT2D eigenvalue weighted by Crippen LogP contribution is -2.65. The van der Waals surface area contributed by atoms with Gasteiger partial charge < -0.3 is 10.6 Å². The van der Waals surface area contributed by atoms with Gasteiger partial charge in [-0.05, 0) is 20.0 Å². The summed E-state index contributed by atoms with van der Waals surface area (Å²) in [6.07, 6.45) is 0. The second-order valence-electron chi connectivity index (χ2n) is 6.38. The number of nitriles is 1. The van der Waals surface area contributed by atoms with E-state index in [0.29, 0.717) is 0 Å². The lowest BCUT2D eigenvalue weighted by molar-refractivity contribution is -0.385. The third-order valence-corrected chi connectivity index (χ3v) is 6.64. The predicted molar refractivity (Wildman–Crippen MR) is 84.2 cm³/mol. The average Bonchev–Trinajstić information content (AvgIpc) is 2.42. The molecule has 24 heavy (non-hydrogen) atoms. The van der Waals surface area contributed by atoms with Crippen molar-refractivity contribution in [3.05, 3.63) is 39.7 Å². The zero-order valence-corrected chi connectivity index (χ0v) is 14.0. The highest BCUT2D eigenvalue weighted by atomic mass is 32.2. The van der Waals surface area contributed by atoms with Gasteiger partial charge in [0.1, 0.15) is 5.82 Å². The molecule has 1 aliphatic heterocycles. The molecule has 130 valence electrons. The van der Waals surface area contributed by atoms with E-state index >= 15 is 0 Å². The van der Waals surface area contributed by atoms with E-state index in [0.717, 1.165) is 18.2 Å². The maximum Gasteiger partial charge on any atom is 0.269 e. The van der Waals surface area contributed by atoms with Gasteiger partial charge in [-0.2, -0.15) is 5.26 Å². The minimum Gasteiger partial charge on any atom is -0.321 e. The van der Waals surface area contributed by atoms with Gasteiger partial charge >= 0.3 is 0 Å². The molecule has 1 aromatic rings. The van der Waals surface area contributed by atoms with Gasteiger partial charge in [0.05, 0.1) is 22.3 Å². The summed E-state index contributed by atoms with van der Waals surface area (Å²) in [7, 11) is -2.31. The number of nitro benzene ring substituents is 1. The molecule has 2 N–H and O–H groups in total. The number of rotatable bonds is 5. The topological polar surface area (TPSA) is 130 Å². The van der Waals surface area contributed by atoms with Gasteiger partial charge in [-0.3, -0.25) is 10.1 Å². The molecule has 0 aromatic heterocycles. The molecule has 1 heterocycles. The predicted octanol–water partition coefficient (Wildman–Crippen LogP) is 0.530. The summed E-state index contributed by atoms with van der Waals surface area (Å²) in [5, 5.41) is 20.1. The lowest BCUT2D eigenvalue weighted by atomic mass is 9.94. The van der Waals surface area contributed by atoms with Crippen LogP contribution in [-0.4, -0.2) is 48.9 Å². The van der Waals surface area contributed by atoms with Crippen LogP contribution in [0, 0.1) is 27.3 Å². The number of sulfone groups is 1. The molecule has 10 heteroatoms. The van der Waals surface area contributed by atoms with Crippen molar-refractivity contribution in [3.8, 4) is 6.07 Å². The zero-order valence-electron chi connectivity index (χ0n) is 13.2. The van der Waals surface area contributed by atoms with E-state index in [1.165, 1.54) is 6.92 Å². The second kappa shape index (κ2) is 5.77. The van der Waals surface area contributed by atoms with Crippen molar-refractivity contribution < 1.29 is 17.7 Å². The van der Waals surface area contributed by atoms with E-state index in [4.69, 9.17) is 5.73 Å². The molecule has 0 radical (unpaired) electrons. The Labute approximate surface area is 138 Å². The number of hydrogen-bond donors (Lipinski definition) is 1. The Balaban J connectivity index is 2.40. The Morgan fingerprint density at radius 1 is 1.54 bits per heavy atom. The summed E-state index contributed by atoms with van der Waals surface area (Å²) in [6.45, 7) is 1.36. The molecule has 1 fully saturated rings. The summed E-state index contributed by atoms with van der Waals surface area (Å²) in [6, 6.07) is 4.59. The average molecular weight is 356 g/mol. The lowest BCUT2D eigenvalue weighted by Gasteiger charge is -2.43. The number of likely N-dealkylation sites (tertiary alicyclic amines) is 1. The van der Waals surface area contributed by atoms with Crippen LogP contribution in [-0.2, 0) is 15.4 Å². The summed E-state index contributed by atoms with van der Waals surface area (Å²) in [4.78, 5) is 11.8. The summed E-state index contributed by atoms with van der Waals surface area (Å²) in [5.41, 5.74) is 3.61. The van der Waals surface area contributed by atoms with Crippen LogP contribution in [0.2, 0.25) is 0 Å². The van der Waals surface area contributed by atoms with Crippen LogP contribution in [0.25, 0.3) is 0 Å². The molecular weight excluding hydrogens is 339 g/mol. The van der Waals surface area contributed by atoms with Crippen LogP contribution in [0.3, 0.4) is 0 Å². The number of halogens is 1. The van der Waals surface area contributed by atoms with Gasteiger partial charge in [0.2, 0.25) is 0 Å². The van der Waals surface area contributed by atoms with Crippen molar-refractivity contribution in [1.29, 1.82) is 5.26 Å². The van der Waals surface area contributed by atoms with Crippen LogP contribution in [0.5, 0.6) is 0 Å². The molecule has 0 aliphatic carbocycles. The molecule has 0 bridgehead atoms. The van der Waals surface area contributed by atoms with Crippen molar-refractivity contribution >= 4 is 15.5 Å². The van der Waals surface area contributed by atoms with Gasteiger partial charge in [0.15, 0.2) is 14.6 Å². The van der Waals surface area contributed by atoms with Crippen LogP contribution in [0.1, 0.15) is 12.5 Å². The minimum absolute atomic E-state index is 0.0410. The molecule has 1 aliphatic rings. The van der Waals surface area contributed by atoms with Crippen molar-refractivity contribution in [2.75, 3.05) is 25.9 Å². The van der Waals surface area contributed by atoms with Gasteiger partial charge in [-0.15, -0.1) is 0 Å². The van der Waals surface area contributed by atoms with Gasteiger partial charge in [0.25, 0.3) is 5.69 Å². The molecule has 0 amide bonds. The van der Waals surface area contributed by atoms with Crippen LogP contribution in [0.15, 0.2) is 18.2 Å². The molecule has 1 aromatic carbocycles. The molecule has 1 atom stereocenters. The van der Waals surface area contributed by atoms with Crippen LogP contribution >= 0.6 is 0 Å². The Kier molecular flexibility index (Phi) is 4.39. The fourth-order valence-corrected chi connectivity index (χ4v) is 5.03. The first-order chi connectivity index (χ1) is 10.9. The highest BCUT2D eigenvalue weighted by molar-refractivity contribution is 7.93. The van der Waals surface area contributed by atoms with Crippen molar-refractivity contribution in [2.45, 2.75) is 17.2 Å². The molecule has 2 rings (SSSR count). The van der Waals surface area contributed by atoms with E-state index in [1.807, 2.05) is 6.07 Å². The number of nitrogens with zero attached hydrogens (tertiary/aromatic N) is 3. The number of hydrogen-bond acceptors (Lipinski definition) is 7. The Morgan fingerprint density at radius 3 is 2.58 bits per heavy atom. The van der Waals surface area contributed by atoms with E-state index in [2.05, 4.69) is 0 Å². The number of nitro groups is 1. The third kappa shape index (κ3) is 2.98. The first kappa shape index (κ1) is 18.3. The SMILES string of the molecule is CN1CC(C#N)(S(=O)(=O)CC(C)(N)c2cc([N+](=O)[O-])ccc2F)C1. The summed E-state index contributed by atoms with van der Waals surface area (Å²) in [5.74, 6) is -1.53. The third-order valence-electron chi connectivity index (χ3n) is 4.12. The number of non-ortho nitro benzene ring substituents is 1. The number of benzene rings is 1. The second-order valence-corrected chi connectivity index (χ2v) is 8.68. The fourth-order valence-electron chi connectivity index (χ4n) is 2.84. The van der Waals surface area contributed by atoms with E-state index in [9.17, 15) is 28.2 Å². The van der Waals surface area contributed by atoms with Crippen LogP contribution < -0.4 is 5.73 Å². The van der Waals surface area contributed by atoms with Crippen LogP contribution in [0.4, 0.5) is 10.1 Å². The van der Waals surface area contributed by atoms with E-state index in [-0.39, 0.29) is 24.3 Å². The van der Waals surface area contributed by atoms with Crippen molar-refractivity contribution in [3.63, 3.8) is 0 Å². The zero-order chi connectivity index (χ0) is 18.3. The largest absolute Gasteiger partial charge is 0.321 e. The minimum atomic E-state index is -3.99. The Bertz CT molecular complexity index is 826. The normalized spacial score (nSPS) is 19.8. The Hall–Kier alpha value is -2.09. The van der Waals surface area contributed by atoms with E-state index in [1.54, 1.807) is 11.9 Å². The molecule has 1 unspecified atom stereocenters. The van der Waals surface area contributed by atoms with Crippen molar-refractivity contribution in [2.24, 2.45) is 5.73 Å². The maximum absolute atomic E-state index is 14.1. The van der Waals surface area contributed by atoms with E-state index < -0.39 is 36.6 Å². The summed E-state index contributed by atoms with van der Waals surface area (Å²) < 4.78 is 37.8. The highest BCUT2D eigenvalue weighted by Gasteiger charge is 2.54. The number of nitrogens with two attached hydrogens (primary N) is 1. The highest BCUT2D eigenvalue weighted by Crippen LogP contribution is 2.34. The first-order valence-corrected chi connectivity index (χ1v) is 8.65. The quantitative estimate of drug-likeness (QED) is 0.601. The molecule has 8 nitrogen and oxygen atoms in total. The molecule has 0 spiro atoms. The fraction of sp³-hybridized carbons (Fsp3) is 0.500. The molecule has 0 saturated carbocycles. The van der Waals surface area contributed by atoms with Crippen molar-refractivity contribution in [1.82, 2.24) is 4.90 Å². The smallest absolute Gasteiger partial charge is 0.269 e. The van der Waals surface area contributed by atoms with Gasteiger partial charge in [-0.1, -0.05) is 0 Å². The maximum atomic E-state index is 14.1. The monoisotopic (exact) mass is 356 g/mol. The standard InChI is InChI=1S/C14H17FN4O4S/c1-13(17,11-5-10(19(20)21)3-4-12(11)15)9-24(22,23)14(6-16)7-18(2)8-14/h3-5H,7-9,17H2,1-2H3. The first-order valence-electron chi connectivity index (χ1n) is 6.99.